The number of aliphatic hydroxyl groups excluding tert-OH is 1. The Balaban J connectivity index is 2.13. The zero-order chi connectivity index (χ0) is 7.40. The van der Waals surface area contributed by atoms with Crippen LogP contribution in [0, 0.1) is 5.92 Å². The van der Waals surface area contributed by atoms with Gasteiger partial charge in [0.15, 0.2) is 0 Å². The van der Waals surface area contributed by atoms with Gasteiger partial charge >= 0.3 is 0 Å². The van der Waals surface area contributed by atoms with E-state index in [0.717, 1.165) is 25.4 Å². The number of rotatable bonds is 2. The highest BCUT2D eigenvalue weighted by Crippen LogP contribution is 2.17. The first-order chi connectivity index (χ1) is 4.79. The molecule has 0 unspecified atom stereocenters. The Morgan fingerprint density at radius 2 is 2.10 bits per heavy atom. The van der Waals surface area contributed by atoms with E-state index in [0.29, 0.717) is 0 Å². The van der Waals surface area contributed by atoms with E-state index < -0.39 is 0 Å². The Labute approximate surface area is 62.6 Å². The van der Waals surface area contributed by atoms with Crippen LogP contribution in [0.15, 0.2) is 0 Å². The largest absolute Gasteiger partial charge is 0.393 e. The summed E-state index contributed by atoms with van der Waals surface area (Å²) in [6.45, 7) is 4.15. The second-order valence-electron chi connectivity index (χ2n) is 3.28. The normalized spacial score (nSPS) is 24.6. The van der Waals surface area contributed by atoms with Crippen LogP contribution in [-0.2, 0) is 0 Å². The van der Waals surface area contributed by atoms with E-state index in [1.165, 1.54) is 12.8 Å². The van der Waals surface area contributed by atoms with Gasteiger partial charge in [-0.15, -0.1) is 0 Å². The summed E-state index contributed by atoms with van der Waals surface area (Å²) in [6, 6.07) is 0. The first-order valence-corrected chi connectivity index (χ1v) is 4.18. The molecule has 0 aromatic carbocycles. The van der Waals surface area contributed by atoms with Crippen LogP contribution in [0.3, 0.4) is 0 Å². The second-order valence-corrected chi connectivity index (χ2v) is 3.28. The van der Waals surface area contributed by atoms with E-state index in [2.05, 4.69) is 5.32 Å². The van der Waals surface area contributed by atoms with Gasteiger partial charge in [0.05, 0.1) is 6.10 Å². The van der Waals surface area contributed by atoms with Gasteiger partial charge in [-0.3, -0.25) is 0 Å². The molecule has 1 rings (SSSR count). The highest BCUT2D eigenvalue weighted by atomic mass is 16.3. The molecule has 0 bridgehead atoms. The number of nitrogens with one attached hydrogen (secondary N) is 1. The molecule has 0 amide bonds. The van der Waals surface area contributed by atoms with Crippen LogP contribution in [0.4, 0.5) is 0 Å². The van der Waals surface area contributed by atoms with Crippen LogP contribution < -0.4 is 5.32 Å². The summed E-state index contributed by atoms with van der Waals surface area (Å²) in [5.74, 6) is 0.765. The zero-order valence-electron chi connectivity index (χ0n) is 6.64. The van der Waals surface area contributed by atoms with E-state index in [1.54, 1.807) is 0 Å². The molecular formula is C8H17NO. The van der Waals surface area contributed by atoms with Gasteiger partial charge in [-0.2, -0.15) is 0 Å². The summed E-state index contributed by atoms with van der Waals surface area (Å²) in [6.07, 6.45) is 3.36. The molecule has 1 saturated heterocycles. The number of aliphatic hydroxyl groups is 1. The molecule has 1 atom stereocenters. The highest BCUT2D eigenvalue weighted by molar-refractivity contribution is 4.69. The molecule has 2 nitrogen and oxygen atoms in total. The third-order valence-corrected chi connectivity index (χ3v) is 2.13. The molecular weight excluding hydrogens is 126 g/mol. The molecule has 2 heteroatoms. The fourth-order valence-electron chi connectivity index (χ4n) is 1.60. The van der Waals surface area contributed by atoms with Crippen molar-refractivity contribution in [1.29, 1.82) is 0 Å². The van der Waals surface area contributed by atoms with Crippen molar-refractivity contribution in [1.82, 2.24) is 5.32 Å². The maximum atomic E-state index is 9.08. The lowest BCUT2D eigenvalue weighted by atomic mass is 9.93. The Morgan fingerprint density at radius 3 is 2.60 bits per heavy atom. The lowest BCUT2D eigenvalue weighted by Crippen LogP contribution is -2.29. The van der Waals surface area contributed by atoms with Gasteiger partial charge in [0.1, 0.15) is 0 Å². The molecule has 0 aliphatic carbocycles. The third-order valence-electron chi connectivity index (χ3n) is 2.13. The summed E-state index contributed by atoms with van der Waals surface area (Å²) in [5, 5.41) is 12.4. The molecule has 0 aromatic heterocycles. The Morgan fingerprint density at radius 1 is 1.50 bits per heavy atom. The maximum absolute atomic E-state index is 9.08. The zero-order valence-corrected chi connectivity index (χ0v) is 6.64. The molecule has 0 aromatic rings. The second kappa shape index (κ2) is 3.94. The predicted molar refractivity (Wildman–Crippen MR) is 41.9 cm³/mol. The minimum absolute atomic E-state index is 0.108. The lowest BCUT2D eigenvalue weighted by Gasteiger charge is -2.23. The van der Waals surface area contributed by atoms with Gasteiger partial charge in [-0.1, -0.05) is 0 Å². The summed E-state index contributed by atoms with van der Waals surface area (Å²) >= 11 is 0. The van der Waals surface area contributed by atoms with E-state index in [-0.39, 0.29) is 6.10 Å². The maximum Gasteiger partial charge on any atom is 0.0514 e. The molecule has 60 valence electrons. The number of hydrogen-bond acceptors (Lipinski definition) is 2. The van der Waals surface area contributed by atoms with Crippen molar-refractivity contribution in [3.63, 3.8) is 0 Å². The summed E-state index contributed by atoms with van der Waals surface area (Å²) in [7, 11) is 0. The lowest BCUT2D eigenvalue weighted by molar-refractivity contribution is 0.149. The van der Waals surface area contributed by atoms with Gasteiger partial charge in [-0.05, 0) is 45.2 Å². The first-order valence-electron chi connectivity index (χ1n) is 4.18. The molecule has 1 aliphatic rings. The van der Waals surface area contributed by atoms with Gasteiger partial charge < -0.3 is 10.4 Å². The number of piperidine rings is 1. The monoisotopic (exact) mass is 143 g/mol. The SMILES string of the molecule is C[C@@H](O)CC1CCNCC1. The molecule has 1 fully saturated rings. The van der Waals surface area contributed by atoms with Crippen LogP contribution in [-0.4, -0.2) is 24.3 Å². The molecule has 10 heavy (non-hydrogen) atoms. The van der Waals surface area contributed by atoms with Crippen molar-refractivity contribution in [3.8, 4) is 0 Å². The van der Waals surface area contributed by atoms with Crippen LogP contribution in [0.2, 0.25) is 0 Å². The smallest absolute Gasteiger partial charge is 0.0514 e. The first kappa shape index (κ1) is 8.02. The van der Waals surface area contributed by atoms with E-state index in [9.17, 15) is 0 Å². The topological polar surface area (TPSA) is 32.3 Å². The fraction of sp³-hybridized carbons (Fsp3) is 1.00. The molecule has 1 aliphatic heterocycles. The predicted octanol–water partition coefficient (Wildman–Crippen LogP) is 0.757. The Hall–Kier alpha value is -0.0800. The van der Waals surface area contributed by atoms with Crippen LogP contribution in [0.1, 0.15) is 26.2 Å². The van der Waals surface area contributed by atoms with Crippen molar-refractivity contribution < 1.29 is 5.11 Å². The fourth-order valence-corrected chi connectivity index (χ4v) is 1.60. The minimum atomic E-state index is -0.108. The van der Waals surface area contributed by atoms with Crippen molar-refractivity contribution in [2.45, 2.75) is 32.3 Å². The molecule has 0 saturated carbocycles. The van der Waals surface area contributed by atoms with E-state index >= 15 is 0 Å². The van der Waals surface area contributed by atoms with Crippen molar-refractivity contribution in [2.75, 3.05) is 13.1 Å². The average Bonchev–Trinajstić information content (AvgIpc) is 1.88. The summed E-state index contributed by atoms with van der Waals surface area (Å²) < 4.78 is 0. The summed E-state index contributed by atoms with van der Waals surface area (Å²) in [4.78, 5) is 0. The van der Waals surface area contributed by atoms with Crippen molar-refractivity contribution in [3.05, 3.63) is 0 Å². The summed E-state index contributed by atoms with van der Waals surface area (Å²) in [5.41, 5.74) is 0. The van der Waals surface area contributed by atoms with E-state index in [4.69, 9.17) is 5.11 Å². The quantitative estimate of drug-likeness (QED) is 0.598. The van der Waals surface area contributed by atoms with Gasteiger partial charge in [0.2, 0.25) is 0 Å². The molecule has 0 spiro atoms. The van der Waals surface area contributed by atoms with Crippen LogP contribution >= 0.6 is 0 Å². The van der Waals surface area contributed by atoms with E-state index in [1.807, 2.05) is 6.92 Å². The Kier molecular flexibility index (Phi) is 3.16. The highest BCUT2D eigenvalue weighted by Gasteiger charge is 2.14. The molecule has 2 N–H and O–H groups in total. The molecule has 1 heterocycles. The van der Waals surface area contributed by atoms with Crippen molar-refractivity contribution in [2.24, 2.45) is 5.92 Å². The molecule has 0 radical (unpaired) electrons. The van der Waals surface area contributed by atoms with Gasteiger partial charge in [0, 0.05) is 0 Å². The number of hydrogen-bond donors (Lipinski definition) is 2. The van der Waals surface area contributed by atoms with Crippen LogP contribution in [0.25, 0.3) is 0 Å². The average molecular weight is 143 g/mol. The third kappa shape index (κ3) is 2.67. The van der Waals surface area contributed by atoms with Crippen molar-refractivity contribution >= 4 is 0 Å². The Bertz CT molecular complexity index is 87.3. The minimum Gasteiger partial charge on any atom is -0.393 e. The van der Waals surface area contributed by atoms with Crippen LogP contribution in [0.5, 0.6) is 0 Å². The standard InChI is InChI=1S/C8H17NO/c1-7(10)6-8-2-4-9-5-3-8/h7-10H,2-6H2,1H3/t7-/m1/s1. The van der Waals surface area contributed by atoms with Gasteiger partial charge in [-0.25, -0.2) is 0 Å². The van der Waals surface area contributed by atoms with Gasteiger partial charge in [0.25, 0.3) is 0 Å².